The molecule has 1 fully saturated rings. The van der Waals surface area contributed by atoms with Gasteiger partial charge in [-0.1, -0.05) is 23.7 Å². The molecule has 2 N–H and O–H groups in total. The first kappa shape index (κ1) is 20.5. The van der Waals surface area contributed by atoms with Crippen LogP contribution < -0.4 is 15.0 Å². The number of hydrogen-bond donors (Lipinski definition) is 2. The zero-order chi connectivity index (χ0) is 21.1. The van der Waals surface area contributed by atoms with E-state index in [1.54, 1.807) is 48.5 Å². The number of benzene rings is 2. The van der Waals surface area contributed by atoms with Crippen molar-refractivity contribution in [3.05, 3.63) is 64.7 Å². The van der Waals surface area contributed by atoms with Crippen LogP contribution in [0.2, 0.25) is 5.02 Å². The Morgan fingerprint density at radius 3 is 2.38 bits per heavy atom. The van der Waals surface area contributed by atoms with Gasteiger partial charge < -0.3 is 9.84 Å². The van der Waals surface area contributed by atoms with Crippen molar-refractivity contribution in [2.45, 2.75) is 13.0 Å². The van der Waals surface area contributed by atoms with E-state index in [9.17, 15) is 14.4 Å². The quantitative estimate of drug-likeness (QED) is 0.430. The molecule has 1 aliphatic rings. The first-order chi connectivity index (χ1) is 13.8. The molecule has 1 atom stereocenters. The van der Waals surface area contributed by atoms with Gasteiger partial charge in [-0.2, -0.15) is 0 Å². The van der Waals surface area contributed by atoms with Gasteiger partial charge in [0.2, 0.25) is 0 Å². The van der Waals surface area contributed by atoms with Gasteiger partial charge in [-0.15, -0.1) is 0 Å². The van der Waals surface area contributed by atoms with Crippen molar-refractivity contribution in [3.8, 4) is 5.75 Å². The SMILES string of the molecule is C[C@H](Oc1ccc(/C=C2\C(=O)NC(=S)N(c3ccc(Cl)cc3)C2=O)cc1)C(=O)O. The summed E-state index contributed by atoms with van der Waals surface area (Å²) in [6.07, 6.45) is 0.422. The average Bonchev–Trinajstić information content (AvgIpc) is 2.67. The maximum absolute atomic E-state index is 12.9. The Kier molecular flexibility index (Phi) is 5.95. The normalized spacial score (nSPS) is 16.6. The Balaban J connectivity index is 1.86. The Hall–Kier alpha value is -3.23. The third-order valence-electron chi connectivity index (χ3n) is 4.04. The summed E-state index contributed by atoms with van der Waals surface area (Å²) in [6.45, 7) is 1.41. The molecule has 7 nitrogen and oxygen atoms in total. The molecule has 1 saturated heterocycles. The third kappa shape index (κ3) is 4.61. The molecule has 29 heavy (non-hydrogen) atoms. The lowest BCUT2D eigenvalue weighted by Crippen LogP contribution is -2.54. The second-order valence-corrected chi connectivity index (χ2v) is 6.92. The number of amides is 2. The number of aliphatic carboxylic acids is 1. The number of anilines is 1. The highest BCUT2D eigenvalue weighted by Gasteiger charge is 2.34. The minimum Gasteiger partial charge on any atom is -0.479 e. The van der Waals surface area contributed by atoms with Gasteiger partial charge in [0.05, 0.1) is 5.69 Å². The predicted molar refractivity (Wildman–Crippen MR) is 112 cm³/mol. The van der Waals surface area contributed by atoms with Crippen molar-refractivity contribution >= 4 is 58.5 Å². The van der Waals surface area contributed by atoms with Crippen LogP contribution >= 0.6 is 23.8 Å². The summed E-state index contributed by atoms with van der Waals surface area (Å²) in [7, 11) is 0. The Morgan fingerprint density at radius 2 is 1.79 bits per heavy atom. The summed E-state index contributed by atoms with van der Waals surface area (Å²) >= 11 is 11.0. The fourth-order valence-electron chi connectivity index (χ4n) is 2.55. The lowest BCUT2D eigenvalue weighted by molar-refractivity contribution is -0.144. The lowest BCUT2D eigenvalue weighted by atomic mass is 10.1. The van der Waals surface area contributed by atoms with Crippen molar-refractivity contribution in [2.75, 3.05) is 4.90 Å². The van der Waals surface area contributed by atoms with Crippen LogP contribution in [0.3, 0.4) is 0 Å². The van der Waals surface area contributed by atoms with Gasteiger partial charge in [-0.05, 0) is 67.2 Å². The van der Waals surface area contributed by atoms with Crippen LogP contribution in [0.4, 0.5) is 5.69 Å². The number of nitrogens with zero attached hydrogens (tertiary/aromatic N) is 1. The molecule has 148 valence electrons. The first-order valence-electron chi connectivity index (χ1n) is 8.43. The van der Waals surface area contributed by atoms with Gasteiger partial charge in [-0.3, -0.25) is 19.8 Å². The number of hydrogen-bond acceptors (Lipinski definition) is 5. The lowest BCUT2D eigenvalue weighted by Gasteiger charge is -2.28. The van der Waals surface area contributed by atoms with Crippen molar-refractivity contribution in [3.63, 3.8) is 0 Å². The molecule has 0 radical (unpaired) electrons. The Labute approximate surface area is 176 Å². The molecule has 3 rings (SSSR count). The molecule has 2 aromatic carbocycles. The van der Waals surface area contributed by atoms with E-state index in [4.69, 9.17) is 33.7 Å². The van der Waals surface area contributed by atoms with Crippen molar-refractivity contribution in [1.29, 1.82) is 0 Å². The van der Waals surface area contributed by atoms with E-state index in [-0.39, 0.29) is 10.7 Å². The first-order valence-corrected chi connectivity index (χ1v) is 9.21. The summed E-state index contributed by atoms with van der Waals surface area (Å²) in [5.41, 5.74) is 0.936. The van der Waals surface area contributed by atoms with Crippen molar-refractivity contribution in [2.24, 2.45) is 0 Å². The van der Waals surface area contributed by atoms with Crippen molar-refractivity contribution in [1.82, 2.24) is 5.32 Å². The van der Waals surface area contributed by atoms with Crippen LogP contribution in [0.5, 0.6) is 5.75 Å². The fourth-order valence-corrected chi connectivity index (χ4v) is 2.95. The molecular formula is C20H15ClN2O5S. The van der Waals surface area contributed by atoms with Crippen LogP contribution in [0, 0.1) is 0 Å². The summed E-state index contributed by atoms with van der Waals surface area (Å²) in [5, 5.41) is 11.9. The molecule has 9 heteroatoms. The molecule has 0 aromatic heterocycles. The highest BCUT2D eigenvalue weighted by molar-refractivity contribution is 7.80. The smallest absolute Gasteiger partial charge is 0.344 e. The van der Waals surface area contributed by atoms with Gasteiger partial charge >= 0.3 is 5.97 Å². The van der Waals surface area contributed by atoms with Gasteiger partial charge in [-0.25, -0.2) is 4.79 Å². The minimum atomic E-state index is -1.08. The number of carboxylic acid groups (broad SMARTS) is 1. The predicted octanol–water partition coefficient (Wildman–Crippen LogP) is 3.02. The van der Waals surface area contributed by atoms with Crippen LogP contribution in [0.1, 0.15) is 12.5 Å². The molecule has 0 spiro atoms. The van der Waals surface area contributed by atoms with Crippen molar-refractivity contribution < 1.29 is 24.2 Å². The topological polar surface area (TPSA) is 95.9 Å². The summed E-state index contributed by atoms with van der Waals surface area (Å²) < 4.78 is 5.26. The zero-order valence-corrected chi connectivity index (χ0v) is 16.7. The number of thiocarbonyl (C=S) groups is 1. The summed E-state index contributed by atoms with van der Waals surface area (Å²) in [5.74, 6) is -1.91. The molecule has 0 bridgehead atoms. The number of rotatable bonds is 5. The maximum atomic E-state index is 12.9. The van der Waals surface area contributed by atoms with E-state index < -0.39 is 23.9 Å². The highest BCUT2D eigenvalue weighted by Crippen LogP contribution is 2.24. The largest absolute Gasteiger partial charge is 0.479 e. The molecule has 0 saturated carbocycles. The van der Waals surface area contributed by atoms with Gasteiger partial charge in [0, 0.05) is 5.02 Å². The molecule has 0 aliphatic carbocycles. The monoisotopic (exact) mass is 430 g/mol. The van der Waals surface area contributed by atoms with Crippen LogP contribution in [-0.4, -0.2) is 34.1 Å². The number of carboxylic acids is 1. The second-order valence-electron chi connectivity index (χ2n) is 6.10. The van der Waals surface area contributed by atoms with E-state index >= 15 is 0 Å². The van der Waals surface area contributed by atoms with Crippen LogP contribution in [-0.2, 0) is 14.4 Å². The van der Waals surface area contributed by atoms with E-state index in [0.29, 0.717) is 22.0 Å². The molecule has 0 unspecified atom stereocenters. The molecule has 2 aromatic rings. The Morgan fingerprint density at radius 1 is 1.17 bits per heavy atom. The summed E-state index contributed by atoms with van der Waals surface area (Å²) in [6, 6.07) is 12.8. The maximum Gasteiger partial charge on any atom is 0.344 e. The summed E-state index contributed by atoms with van der Waals surface area (Å²) in [4.78, 5) is 37.3. The highest BCUT2D eigenvalue weighted by atomic mass is 35.5. The van der Waals surface area contributed by atoms with Gasteiger partial charge in [0.1, 0.15) is 11.3 Å². The number of carbonyl (C=O) groups excluding carboxylic acids is 2. The standard InChI is InChI=1S/C20H15ClN2O5S/c1-11(19(26)27)28-15-8-2-12(3-9-15)10-16-17(24)22-20(29)23(18(16)25)14-6-4-13(21)5-7-14/h2-11H,1H3,(H,26,27)(H,22,24,29)/b16-10+/t11-/m0/s1. The number of carbonyl (C=O) groups is 3. The Bertz CT molecular complexity index is 1020. The van der Waals surface area contributed by atoms with Gasteiger partial charge in [0.25, 0.3) is 11.8 Å². The minimum absolute atomic E-state index is 0.0223. The molecule has 2 amide bonds. The van der Waals surface area contributed by atoms with E-state index in [1.165, 1.54) is 17.9 Å². The van der Waals surface area contributed by atoms with E-state index in [1.807, 2.05) is 0 Å². The van der Waals surface area contributed by atoms with E-state index in [2.05, 4.69) is 5.32 Å². The van der Waals surface area contributed by atoms with Gasteiger partial charge in [0.15, 0.2) is 11.2 Å². The van der Waals surface area contributed by atoms with Crippen LogP contribution in [0.15, 0.2) is 54.1 Å². The number of nitrogens with one attached hydrogen (secondary N) is 1. The second kappa shape index (κ2) is 8.42. The molecule has 1 aliphatic heterocycles. The fraction of sp³-hybridized carbons (Fsp3) is 0.100. The van der Waals surface area contributed by atoms with E-state index in [0.717, 1.165) is 0 Å². The average molecular weight is 431 g/mol. The molecular weight excluding hydrogens is 416 g/mol. The van der Waals surface area contributed by atoms with Crippen LogP contribution in [0.25, 0.3) is 6.08 Å². The third-order valence-corrected chi connectivity index (χ3v) is 4.57. The zero-order valence-electron chi connectivity index (χ0n) is 15.1. The number of halogens is 1. The molecule has 1 heterocycles. The number of ether oxygens (including phenoxy) is 1.